The molecule has 1 N–H and O–H groups in total. The predicted octanol–water partition coefficient (Wildman–Crippen LogP) is 3.77. The van der Waals surface area contributed by atoms with E-state index in [4.69, 9.17) is 21.1 Å². The number of carbonyl (C=O) groups is 2. The molecule has 1 amide bonds. The van der Waals surface area contributed by atoms with Crippen molar-refractivity contribution in [3.05, 3.63) is 57.1 Å². The number of nitrogens with one attached hydrogen (secondary N) is 1. The van der Waals surface area contributed by atoms with E-state index in [0.717, 1.165) is 11.0 Å². The number of halogens is 1. The van der Waals surface area contributed by atoms with Crippen LogP contribution in [0.25, 0.3) is 0 Å². The van der Waals surface area contributed by atoms with Crippen LogP contribution in [0.5, 0.6) is 5.75 Å². The van der Waals surface area contributed by atoms with Gasteiger partial charge in [0, 0.05) is 17.0 Å². The van der Waals surface area contributed by atoms with Gasteiger partial charge in [-0.1, -0.05) is 11.6 Å². The molecule has 142 valence electrons. The molecule has 0 fully saturated rings. The van der Waals surface area contributed by atoms with Gasteiger partial charge in [0.1, 0.15) is 11.3 Å². The molecule has 2 rings (SSSR count). The number of hydrogen-bond acceptors (Lipinski definition) is 7. The van der Waals surface area contributed by atoms with E-state index >= 15 is 0 Å². The fourth-order valence-electron chi connectivity index (χ4n) is 2.08. The maximum absolute atomic E-state index is 12.2. The zero-order chi connectivity index (χ0) is 20.0. The minimum atomic E-state index is -0.718. The summed E-state index contributed by atoms with van der Waals surface area (Å²) in [5.41, 5.74) is 0.159. The molecule has 0 aliphatic carbocycles. The van der Waals surface area contributed by atoms with Crippen molar-refractivity contribution in [3.8, 4) is 5.75 Å². The van der Waals surface area contributed by atoms with E-state index in [-0.39, 0.29) is 22.0 Å². The van der Waals surface area contributed by atoms with E-state index < -0.39 is 23.4 Å². The Morgan fingerprint density at radius 3 is 2.59 bits per heavy atom. The Labute approximate surface area is 163 Å². The fourth-order valence-corrected chi connectivity index (χ4v) is 2.73. The van der Waals surface area contributed by atoms with Crippen LogP contribution in [-0.2, 0) is 9.53 Å². The average molecular weight is 411 g/mol. The molecule has 0 atom stereocenters. The van der Waals surface area contributed by atoms with E-state index in [2.05, 4.69) is 5.32 Å². The number of rotatable bonds is 7. The van der Waals surface area contributed by atoms with Crippen molar-refractivity contribution < 1.29 is 24.0 Å². The van der Waals surface area contributed by atoms with Crippen LogP contribution in [0.1, 0.15) is 10.4 Å². The van der Waals surface area contributed by atoms with Crippen LogP contribution < -0.4 is 10.1 Å². The number of non-ortho nitro benzene ring substituents is 1. The van der Waals surface area contributed by atoms with Gasteiger partial charge in [0.2, 0.25) is 0 Å². The van der Waals surface area contributed by atoms with E-state index in [1.165, 1.54) is 31.0 Å². The standard InChI is InChI=1S/C17H15ClN2O6S/c1-25-15-8-11(27-2)4-5-12(15)17(22)26-9-16(21)19-14-6-3-10(20(23)24)7-13(14)18/h3-8H,9H2,1-2H3,(H,19,21). The summed E-state index contributed by atoms with van der Waals surface area (Å²) in [5.74, 6) is -1.02. The van der Waals surface area contributed by atoms with Crippen LogP contribution in [0, 0.1) is 10.1 Å². The Bertz CT molecular complexity index is 890. The first kappa shape index (κ1) is 20.5. The summed E-state index contributed by atoms with van der Waals surface area (Å²) >= 11 is 7.39. The van der Waals surface area contributed by atoms with Crippen LogP contribution in [0.15, 0.2) is 41.3 Å². The van der Waals surface area contributed by atoms with E-state index in [0.29, 0.717) is 5.75 Å². The van der Waals surface area contributed by atoms with E-state index in [1.807, 2.05) is 6.26 Å². The monoisotopic (exact) mass is 410 g/mol. The third-order valence-electron chi connectivity index (χ3n) is 3.40. The number of carbonyl (C=O) groups excluding carboxylic acids is 2. The van der Waals surface area contributed by atoms with Crippen LogP contribution in [0.2, 0.25) is 5.02 Å². The first-order chi connectivity index (χ1) is 12.8. The molecule has 0 heterocycles. The number of nitrogens with zero attached hydrogens (tertiary/aromatic N) is 1. The number of benzene rings is 2. The maximum Gasteiger partial charge on any atom is 0.342 e. The molecule has 0 aromatic heterocycles. The maximum atomic E-state index is 12.2. The molecule has 10 heteroatoms. The van der Waals surface area contributed by atoms with Gasteiger partial charge in [-0.2, -0.15) is 0 Å². The molecule has 0 spiro atoms. The van der Waals surface area contributed by atoms with Gasteiger partial charge in [-0.3, -0.25) is 14.9 Å². The van der Waals surface area contributed by atoms with Gasteiger partial charge in [0.25, 0.3) is 11.6 Å². The highest BCUT2D eigenvalue weighted by molar-refractivity contribution is 7.98. The molecule has 0 radical (unpaired) electrons. The number of nitro benzene ring substituents is 1. The second kappa shape index (κ2) is 9.24. The molecule has 0 bridgehead atoms. The van der Waals surface area contributed by atoms with Crippen molar-refractivity contribution in [3.63, 3.8) is 0 Å². The molecule has 0 aliphatic rings. The number of anilines is 1. The van der Waals surface area contributed by atoms with Crippen LogP contribution >= 0.6 is 23.4 Å². The molecule has 8 nitrogen and oxygen atoms in total. The second-order valence-corrected chi connectivity index (χ2v) is 6.40. The second-order valence-electron chi connectivity index (χ2n) is 5.11. The lowest BCUT2D eigenvalue weighted by Crippen LogP contribution is -2.21. The average Bonchev–Trinajstić information content (AvgIpc) is 2.66. The summed E-state index contributed by atoms with van der Waals surface area (Å²) in [7, 11) is 1.43. The smallest absolute Gasteiger partial charge is 0.342 e. The van der Waals surface area contributed by atoms with Crippen molar-refractivity contribution >= 4 is 46.6 Å². The number of methoxy groups -OCH3 is 1. The topological polar surface area (TPSA) is 108 Å². The van der Waals surface area contributed by atoms with Crippen molar-refractivity contribution in [2.24, 2.45) is 0 Å². The van der Waals surface area contributed by atoms with Crippen LogP contribution in [0.3, 0.4) is 0 Å². The fraction of sp³-hybridized carbons (Fsp3) is 0.176. The predicted molar refractivity (Wildman–Crippen MR) is 102 cm³/mol. The number of amides is 1. The van der Waals surface area contributed by atoms with Gasteiger partial charge >= 0.3 is 5.97 Å². The molecule has 27 heavy (non-hydrogen) atoms. The minimum absolute atomic E-state index is 0.00167. The molecule has 2 aromatic rings. The summed E-state index contributed by atoms with van der Waals surface area (Å²) < 4.78 is 10.2. The zero-order valence-corrected chi connectivity index (χ0v) is 15.9. The Morgan fingerprint density at radius 1 is 1.26 bits per heavy atom. The van der Waals surface area contributed by atoms with Gasteiger partial charge < -0.3 is 14.8 Å². The number of thioether (sulfide) groups is 1. The molecular formula is C17H15ClN2O6S. The van der Waals surface area contributed by atoms with Gasteiger partial charge in [-0.25, -0.2) is 4.79 Å². The quantitative estimate of drug-likeness (QED) is 0.320. The summed E-state index contributed by atoms with van der Waals surface area (Å²) in [6.07, 6.45) is 1.89. The summed E-state index contributed by atoms with van der Waals surface area (Å²) in [5, 5.41) is 13.1. The number of hydrogen-bond donors (Lipinski definition) is 1. The minimum Gasteiger partial charge on any atom is -0.496 e. The Hall–Kier alpha value is -2.78. The highest BCUT2D eigenvalue weighted by Crippen LogP contribution is 2.27. The van der Waals surface area contributed by atoms with Crippen molar-refractivity contribution in [1.29, 1.82) is 0 Å². The van der Waals surface area contributed by atoms with E-state index in [1.54, 1.807) is 18.2 Å². The Morgan fingerprint density at radius 2 is 2.00 bits per heavy atom. The van der Waals surface area contributed by atoms with E-state index in [9.17, 15) is 19.7 Å². The van der Waals surface area contributed by atoms with Crippen LogP contribution in [0.4, 0.5) is 11.4 Å². The molecule has 0 saturated carbocycles. The molecular weight excluding hydrogens is 396 g/mol. The normalized spacial score (nSPS) is 10.2. The molecule has 0 unspecified atom stereocenters. The SMILES string of the molecule is COc1cc(SC)ccc1C(=O)OCC(=O)Nc1ccc([N+](=O)[O-])cc1Cl. The molecule has 0 aliphatic heterocycles. The van der Waals surface area contributed by atoms with Gasteiger partial charge in [-0.05, 0) is 30.5 Å². The summed E-state index contributed by atoms with van der Waals surface area (Å²) in [6.45, 7) is -0.556. The van der Waals surface area contributed by atoms with Crippen molar-refractivity contribution in [2.75, 3.05) is 25.3 Å². The largest absolute Gasteiger partial charge is 0.496 e. The lowest BCUT2D eigenvalue weighted by atomic mass is 10.2. The number of ether oxygens (including phenoxy) is 2. The summed E-state index contributed by atoms with van der Waals surface area (Å²) in [6, 6.07) is 8.59. The number of nitro groups is 1. The highest BCUT2D eigenvalue weighted by Gasteiger charge is 2.17. The number of esters is 1. The third kappa shape index (κ3) is 5.35. The summed E-state index contributed by atoms with van der Waals surface area (Å²) in [4.78, 5) is 35.1. The van der Waals surface area contributed by atoms with Gasteiger partial charge in [0.15, 0.2) is 6.61 Å². The first-order valence-electron chi connectivity index (χ1n) is 7.48. The van der Waals surface area contributed by atoms with Gasteiger partial charge in [-0.15, -0.1) is 11.8 Å². The lowest BCUT2D eigenvalue weighted by Gasteiger charge is -2.10. The first-order valence-corrected chi connectivity index (χ1v) is 9.09. The van der Waals surface area contributed by atoms with Crippen LogP contribution in [-0.4, -0.2) is 36.8 Å². The lowest BCUT2D eigenvalue weighted by molar-refractivity contribution is -0.384. The highest BCUT2D eigenvalue weighted by atomic mass is 35.5. The van der Waals surface area contributed by atoms with Crippen molar-refractivity contribution in [1.82, 2.24) is 0 Å². The molecule has 0 saturated heterocycles. The van der Waals surface area contributed by atoms with Gasteiger partial charge in [0.05, 0.1) is 22.7 Å². The van der Waals surface area contributed by atoms with Crippen molar-refractivity contribution in [2.45, 2.75) is 4.90 Å². The Kier molecular flexibility index (Phi) is 7.03. The molecule has 2 aromatic carbocycles. The Balaban J connectivity index is 1.99. The zero-order valence-electron chi connectivity index (χ0n) is 14.4. The third-order valence-corrected chi connectivity index (χ3v) is 4.44.